The van der Waals surface area contributed by atoms with E-state index < -0.39 is 5.97 Å². The number of carbonyl (C=O) groups is 1. The van der Waals surface area contributed by atoms with E-state index in [1.807, 2.05) is 6.92 Å². The second kappa shape index (κ2) is 2.75. The van der Waals surface area contributed by atoms with E-state index in [2.05, 4.69) is 0 Å². The standard InChI is InChI=1S/C10H16O2/c1-6(10(11)12)9-7-4-2-3-5-8(7)9/h6-9H,2-5H2,1H3,(H,11,12). The lowest BCUT2D eigenvalue weighted by Gasteiger charge is -2.04. The molecule has 0 aliphatic heterocycles. The van der Waals surface area contributed by atoms with E-state index in [4.69, 9.17) is 5.11 Å². The fraction of sp³-hybridized carbons (Fsp3) is 0.900. The number of hydrogen-bond donors (Lipinski definition) is 1. The molecule has 2 rings (SSSR count). The summed E-state index contributed by atoms with van der Waals surface area (Å²) in [6.45, 7) is 1.87. The molecular formula is C10H16O2. The van der Waals surface area contributed by atoms with Crippen molar-refractivity contribution in [1.82, 2.24) is 0 Å². The van der Waals surface area contributed by atoms with Crippen LogP contribution in [0.25, 0.3) is 0 Å². The van der Waals surface area contributed by atoms with Crippen LogP contribution in [0.5, 0.6) is 0 Å². The van der Waals surface area contributed by atoms with Gasteiger partial charge in [-0.25, -0.2) is 0 Å². The molecule has 0 amide bonds. The van der Waals surface area contributed by atoms with Gasteiger partial charge in [0.1, 0.15) is 0 Å². The minimum absolute atomic E-state index is 0.0990. The van der Waals surface area contributed by atoms with Gasteiger partial charge < -0.3 is 5.11 Å². The molecule has 3 unspecified atom stereocenters. The zero-order chi connectivity index (χ0) is 8.72. The van der Waals surface area contributed by atoms with Crippen molar-refractivity contribution in [2.75, 3.05) is 0 Å². The third kappa shape index (κ3) is 1.13. The summed E-state index contributed by atoms with van der Waals surface area (Å²) in [6.07, 6.45) is 5.22. The minimum Gasteiger partial charge on any atom is -0.481 e. The van der Waals surface area contributed by atoms with Gasteiger partial charge >= 0.3 is 5.97 Å². The molecule has 1 N–H and O–H groups in total. The maximum atomic E-state index is 10.7. The van der Waals surface area contributed by atoms with Gasteiger partial charge in [-0.3, -0.25) is 4.79 Å². The highest BCUT2D eigenvalue weighted by Crippen LogP contribution is 2.58. The quantitative estimate of drug-likeness (QED) is 0.686. The first-order valence-corrected chi connectivity index (χ1v) is 4.94. The van der Waals surface area contributed by atoms with Crippen LogP contribution in [0.4, 0.5) is 0 Å². The van der Waals surface area contributed by atoms with Gasteiger partial charge in [-0.2, -0.15) is 0 Å². The van der Waals surface area contributed by atoms with Gasteiger partial charge in [0.15, 0.2) is 0 Å². The molecule has 2 aliphatic carbocycles. The number of hydrogen-bond acceptors (Lipinski definition) is 1. The lowest BCUT2D eigenvalue weighted by molar-refractivity contribution is -0.142. The van der Waals surface area contributed by atoms with Gasteiger partial charge in [-0.1, -0.05) is 19.8 Å². The SMILES string of the molecule is CC(C(=O)O)C1C2CCCCC21. The summed E-state index contributed by atoms with van der Waals surface area (Å²) >= 11 is 0. The number of carboxylic acid groups (broad SMARTS) is 1. The van der Waals surface area contributed by atoms with Crippen molar-refractivity contribution in [3.05, 3.63) is 0 Å². The molecule has 0 aromatic carbocycles. The number of rotatable bonds is 2. The molecule has 68 valence electrons. The summed E-state index contributed by atoms with van der Waals surface area (Å²) in [5.74, 6) is 1.35. The van der Waals surface area contributed by atoms with E-state index >= 15 is 0 Å². The molecule has 12 heavy (non-hydrogen) atoms. The first-order chi connectivity index (χ1) is 5.72. The molecule has 0 saturated heterocycles. The maximum Gasteiger partial charge on any atom is 0.306 e. The molecule has 2 fully saturated rings. The summed E-state index contributed by atoms with van der Waals surface area (Å²) in [4.78, 5) is 10.7. The molecule has 0 bridgehead atoms. The molecule has 2 nitrogen and oxygen atoms in total. The fourth-order valence-electron chi connectivity index (χ4n) is 2.95. The molecule has 0 aromatic heterocycles. The third-order valence-electron chi connectivity index (χ3n) is 3.69. The van der Waals surface area contributed by atoms with Crippen molar-refractivity contribution in [1.29, 1.82) is 0 Å². The van der Waals surface area contributed by atoms with Crippen LogP contribution in [0.2, 0.25) is 0 Å². The monoisotopic (exact) mass is 168 g/mol. The van der Waals surface area contributed by atoms with Crippen LogP contribution in [0.3, 0.4) is 0 Å². The third-order valence-corrected chi connectivity index (χ3v) is 3.69. The van der Waals surface area contributed by atoms with E-state index in [1.165, 1.54) is 25.7 Å². The number of fused-ring (bicyclic) bond motifs is 1. The Morgan fingerprint density at radius 3 is 2.25 bits per heavy atom. The van der Waals surface area contributed by atoms with Crippen LogP contribution < -0.4 is 0 Å². The Kier molecular flexibility index (Phi) is 1.85. The van der Waals surface area contributed by atoms with Gasteiger partial charge in [-0.15, -0.1) is 0 Å². The number of carboxylic acids is 1. The molecule has 2 heteroatoms. The summed E-state index contributed by atoms with van der Waals surface area (Å²) in [6, 6.07) is 0. The summed E-state index contributed by atoms with van der Waals surface area (Å²) in [5.41, 5.74) is 0. The Balaban J connectivity index is 1.95. The second-order valence-corrected chi connectivity index (χ2v) is 4.32. The lowest BCUT2D eigenvalue weighted by atomic mass is 10.0. The Morgan fingerprint density at radius 2 is 1.83 bits per heavy atom. The molecule has 2 aliphatic rings. The van der Waals surface area contributed by atoms with Crippen LogP contribution >= 0.6 is 0 Å². The van der Waals surface area contributed by atoms with Crippen molar-refractivity contribution in [3.8, 4) is 0 Å². The summed E-state index contributed by atoms with van der Waals surface area (Å²) in [7, 11) is 0. The van der Waals surface area contributed by atoms with Gasteiger partial charge in [0.2, 0.25) is 0 Å². The van der Waals surface area contributed by atoms with E-state index in [-0.39, 0.29) is 5.92 Å². The molecule has 0 aromatic rings. The van der Waals surface area contributed by atoms with Crippen molar-refractivity contribution in [2.45, 2.75) is 32.6 Å². The van der Waals surface area contributed by atoms with Crippen molar-refractivity contribution < 1.29 is 9.90 Å². The van der Waals surface area contributed by atoms with Crippen molar-refractivity contribution >= 4 is 5.97 Å². The maximum absolute atomic E-state index is 10.7. The second-order valence-electron chi connectivity index (χ2n) is 4.32. The average molecular weight is 168 g/mol. The zero-order valence-electron chi connectivity index (χ0n) is 7.49. The minimum atomic E-state index is -0.602. The topological polar surface area (TPSA) is 37.3 Å². The predicted octanol–water partition coefficient (Wildman–Crippen LogP) is 2.14. The molecule has 3 atom stereocenters. The van der Waals surface area contributed by atoms with Gasteiger partial charge in [-0.05, 0) is 30.6 Å². The number of aliphatic carboxylic acids is 1. The summed E-state index contributed by atoms with van der Waals surface area (Å²) < 4.78 is 0. The van der Waals surface area contributed by atoms with E-state index in [1.54, 1.807) is 0 Å². The van der Waals surface area contributed by atoms with Crippen molar-refractivity contribution in [2.24, 2.45) is 23.7 Å². The van der Waals surface area contributed by atoms with E-state index in [0.717, 1.165) is 11.8 Å². The van der Waals surface area contributed by atoms with Gasteiger partial charge in [0.25, 0.3) is 0 Å². The van der Waals surface area contributed by atoms with Crippen LogP contribution in [-0.4, -0.2) is 11.1 Å². The van der Waals surface area contributed by atoms with Gasteiger partial charge in [0, 0.05) is 0 Å². The van der Waals surface area contributed by atoms with E-state index in [0.29, 0.717) is 5.92 Å². The highest BCUT2D eigenvalue weighted by molar-refractivity contribution is 5.70. The molecule has 0 spiro atoms. The molecule has 0 radical (unpaired) electrons. The lowest BCUT2D eigenvalue weighted by Crippen LogP contribution is -2.13. The predicted molar refractivity (Wildman–Crippen MR) is 45.7 cm³/mol. The normalized spacial score (nSPS) is 41.6. The van der Waals surface area contributed by atoms with Crippen LogP contribution in [0.1, 0.15) is 32.6 Å². The first-order valence-electron chi connectivity index (χ1n) is 4.94. The highest BCUT2D eigenvalue weighted by atomic mass is 16.4. The smallest absolute Gasteiger partial charge is 0.306 e. The highest BCUT2D eigenvalue weighted by Gasteiger charge is 2.54. The molecule has 2 saturated carbocycles. The molecule has 0 heterocycles. The Labute approximate surface area is 73.0 Å². The average Bonchev–Trinajstić information content (AvgIpc) is 2.76. The Hall–Kier alpha value is -0.530. The van der Waals surface area contributed by atoms with Crippen molar-refractivity contribution in [3.63, 3.8) is 0 Å². The van der Waals surface area contributed by atoms with Crippen LogP contribution in [-0.2, 0) is 4.79 Å². The first kappa shape index (κ1) is 8.09. The Morgan fingerprint density at radius 1 is 1.33 bits per heavy atom. The van der Waals surface area contributed by atoms with E-state index in [9.17, 15) is 4.79 Å². The molecular weight excluding hydrogens is 152 g/mol. The van der Waals surface area contributed by atoms with Crippen LogP contribution in [0.15, 0.2) is 0 Å². The Bertz CT molecular complexity index is 188. The zero-order valence-corrected chi connectivity index (χ0v) is 7.49. The fourth-order valence-corrected chi connectivity index (χ4v) is 2.95. The largest absolute Gasteiger partial charge is 0.481 e. The van der Waals surface area contributed by atoms with Crippen LogP contribution in [0, 0.1) is 23.7 Å². The van der Waals surface area contributed by atoms with Gasteiger partial charge in [0.05, 0.1) is 5.92 Å². The summed E-state index contributed by atoms with van der Waals surface area (Å²) in [5, 5.41) is 8.84.